The second-order valence-electron chi connectivity index (χ2n) is 3.94. The van der Waals surface area contributed by atoms with E-state index >= 15 is 0 Å². The molecule has 5 heteroatoms. The molecule has 4 rings (SSSR count). The first-order valence-electron chi connectivity index (χ1n) is 5.50. The fourth-order valence-electron chi connectivity index (χ4n) is 2.00. The Balaban J connectivity index is 2.04. The van der Waals surface area contributed by atoms with Crippen molar-refractivity contribution in [2.45, 2.75) is 0 Å². The Morgan fingerprint density at radius 3 is 3.06 bits per heavy atom. The number of hydrogen-bond donors (Lipinski definition) is 1. The van der Waals surface area contributed by atoms with Crippen molar-refractivity contribution in [3.05, 3.63) is 42.5 Å². The van der Waals surface area contributed by atoms with E-state index < -0.39 is 0 Å². The molecule has 1 N–H and O–H groups in total. The molecule has 0 aliphatic rings. The molecule has 4 nitrogen and oxygen atoms in total. The van der Waals surface area contributed by atoms with E-state index in [1.807, 2.05) is 36.4 Å². The largest absolute Gasteiger partial charge is 0.338 e. The number of hydrogen-bond acceptors (Lipinski definition) is 4. The number of aromatic amines is 1. The minimum atomic E-state index is 0.787. The molecule has 4 aromatic rings. The molecule has 18 heavy (non-hydrogen) atoms. The maximum Gasteiger partial charge on any atom is 0.141 e. The summed E-state index contributed by atoms with van der Waals surface area (Å²) in [6, 6.07) is 15.0. The van der Waals surface area contributed by atoms with E-state index in [9.17, 15) is 0 Å². The molecular weight excluding hydrogens is 244 g/mol. The van der Waals surface area contributed by atoms with Gasteiger partial charge >= 0.3 is 0 Å². The van der Waals surface area contributed by atoms with Gasteiger partial charge in [0.2, 0.25) is 0 Å². The molecule has 2 aromatic carbocycles. The van der Waals surface area contributed by atoms with Crippen LogP contribution in [0.5, 0.6) is 0 Å². The van der Waals surface area contributed by atoms with Gasteiger partial charge in [-0.15, -0.1) is 5.10 Å². The molecule has 0 aliphatic heterocycles. The second-order valence-corrected chi connectivity index (χ2v) is 4.73. The zero-order chi connectivity index (χ0) is 11.9. The smallest absolute Gasteiger partial charge is 0.141 e. The van der Waals surface area contributed by atoms with Gasteiger partial charge in [-0.05, 0) is 35.8 Å². The van der Waals surface area contributed by atoms with E-state index in [0.29, 0.717) is 0 Å². The Morgan fingerprint density at radius 2 is 2.11 bits per heavy atom. The fourth-order valence-corrected chi connectivity index (χ4v) is 2.57. The van der Waals surface area contributed by atoms with E-state index in [0.717, 1.165) is 32.6 Å². The van der Waals surface area contributed by atoms with Crippen LogP contribution in [-0.2, 0) is 0 Å². The molecule has 0 spiro atoms. The van der Waals surface area contributed by atoms with E-state index in [1.165, 1.54) is 11.5 Å². The quantitative estimate of drug-likeness (QED) is 0.565. The van der Waals surface area contributed by atoms with Crippen LogP contribution < -0.4 is 0 Å². The summed E-state index contributed by atoms with van der Waals surface area (Å²) >= 11 is 1.38. The molecule has 0 fully saturated rings. The standard InChI is InChI=1S/C13H7N4S/c1-2-6-10-9(5-1)14-13(15-10)8-4-3-7-11-12(8)16-17-18-11/h1-3,5-7H,(H,14,15). The van der Waals surface area contributed by atoms with Crippen LogP contribution in [0, 0.1) is 6.07 Å². The first-order valence-corrected chi connectivity index (χ1v) is 6.27. The van der Waals surface area contributed by atoms with E-state index in [1.54, 1.807) is 0 Å². The number of rotatable bonds is 1. The highest BCUT2D eigenvalue weighted by Gasteiger charge is 2.11. The Labute approximate surface area is 106 Å². The van der Waals surface area contributed by atoms with Crippen LogP contribution in [0.15, 0.2) is 36.4 Å². The predicted molar refractivity (Wildman–Crippen MR) is 71.3 cm³/mol. The van der Waals surface area contributed by atoms with E-state index in [2.05, 4.69) is 25.6 Å². The van der Waals surface area contributed by atoms with Gasteiger partial charge in [0, 0.05) is 0 Å². The zero-order valence-corrected chi connectivity index (χ0v) is 10.0. The molecule has 2 heterocycles. The van der Waals surface area contributed by atoms with Crippen LogP contribution in [0.1, 0.15) is 0 Å². The van der Waals surface area contributed by atoms with Crippen LogP contribution in [0.2, 0.25) is 0 Å². The topological polar surface area (TPSA) is 54.5 Å². The lowest BCUT2D eigenvalue weighted by Gasteiger charge is -1.95. The first-order chi connectivity index (χ1) is 8.92. The van der Waals surface area contributed by atoms with Crippen molar-refractivity contribution >= 4 is 32.8 Å². The van der Waals surface area contributed by atoms with E-state index in [-0.39, 0.29) is 0 Å². The van der Waals surface area contributed by atoms with Crippen molar-refractivity contribution in [2.24, 2.45) is 0 Å². The van der Waals surface area contributed by atoms with Crippen molar-refractivity contribution in [3.8, 4) is 11.4 Å². The number of para-hydroxylation sites is 2. The molecular formula is C13H7N4S. The molecule has 0 saturated heterocycles. The normalized spacial score (nSPS) is 11.3. The molecule has 0 amide bonds. The molecule has 0 bridgehead atoms. The summed E-state index contributed by atoms with van der Waals surface area (Å²) in [6.07, 6.45) is 0. The monoisotopic (exact) mass is 251 g/mol. The molecule has 0 aliphatic carbocycles. The molecule has 0 unspecified atom stereocenters. The second kappa shape index (κ2) is 3.61. The summed E-state index contributed by atoms with van der Waals surface area (Å²) in [5, 5.41) is 4.14. The number of fused-ring (bicyclic) bond motifs is 2. The van der Waals surface area contributed by atoms with Crippen molar-refractivity contribution in [2.75, 3.05) is 0 Å². The lowest BCUT2D eigenvalue weighted by molar-refractivity contribution is 1.19. The number of aromatic nitrogens is 4. The van der Waals surface area contributed by atoms with Gasteiger partial charge < -0.3 is 4.98 Å². The average molecular weight is 251 g/mol. The van der Waals surface area contributed by atoms with Gasteiger partial charge in [-0.25, -0.2) is 4.98 Å². The summed E-state index contributed by atoms with van der Waals surface area (Å²) in [6.45, 7) is 0. The Morgan fingerprint density at radius 1 is 1.17 bits per heavy atom. The van der Waals surface area contributed by atoms with Crippen molar-refractivity contribution < 1.29 is 0 Å². The van der Waals surface area contributed by atoms with Crippen molar-refractivity contribution in [1.29, 1.82) is 0 Å². The zero-order valence-electron chi connectivity index (χ0n) is 9.21. The third kappa shape index (κ3) is 1.34. The van der Waals surface area contributed by atoms with Gasteiger partial charge in [0.15, 0.2) is 0 Å². The third-order valence-corrected chi connectivity index (χ3v) is 3.53. The van der Waals surface area contributed by atoms with Crippen molar-refractivity contribution in [1.82, 2.24) is 19.6 Å². The minimum Gasteiger partial charge on any atom is -0.338 e. The van der Waals surface area contributed by atoms with Crippen molar-refractivity contribution in [3.63, 3.8) is 0 Å². The van der Waals surface area contributed by atoms with Crippen LogP contribution in [-0.4, -0.2) is 19.6 Å². The predicted octanol–water partition coefficient (Wildman–Crippen LogP) is 3.03. The Hall–Kier alpha value is -2.27. The highest BCUT2D eigenvalue weighted by atomic mass is 32.1. The SMILES string of the molecule is [c]1ccc2snnc2c1-c1nc2ccccc2[nH]1. The molecule has 1 radical (unpaired) electrons. The Kier molecular flexibility index (Phi) is 1.95. The van der Waals surface area contributed by atoms with Gasteiger partial charge in [0.25, 0.3) is 0 Å². The fraction of sp³-hybridized carbons (Fsp3) is 0. The summed E-state index contributed by atoms with van der Waals surface area (Å²) < 4.78 is 5.02. The van der Waals surface area contributed by atoms with Gasteiger partial charge in [-0.2, -0.15) is 0 Å². The summed E-state index contributed by atoms with van der Waals surface area (Å²) in [5.74, 6) is 0.787. The van der Waals surface area contributed by atoms with E-state index in [4.69, 9.17) is 0 Å². The van der Waals surface area contributed by atoms with Crippen LogP contribution in [0.4, 0.5) is 0 Å². The summed E-state index contributed by atoms with van der Waals surface area (Å²) in [4.78, 5) is 7.85. The number of imidazole rings is 1. The van der Waals surface area contributed by atoms with Gasteiger partial charge in [-0.3, -0.25) is 0 Å². The Bertz CT molecular complexity index is 813. The highest BCUT2D eigenvalue weighted by molar-refractivity contribution is 7.13. The number of nitrogens with one attached hydrogen (secondary N) is 1. The summed E-state index contributed by atoms with van der Waals surface area (Å²) in [7, 11) is 0. The highest BCUT2D eigenvalue weighted by Crippen LogP contribution is 2.27. The number of nitrogens with zero attached hydrogens (tertiary/aromatic N) is 3. The van der Waals surface area contributed by atoms with Crippen LogP contribution in [0.25, 0.3) is 32.6 Å². The van der Waals surface area contributed by atoms with Gasteiger partial charge in [-0.1, -0.05) is 22.7 Å². The molecule has 2 aromatic heterocycles. The molecule has 0 atom stereocenters. The molecule has 85 valence electrons. The maximum absolute atomic E-state index is 4.56. The third-order valence-electron chi connectivity index (χ3n) is 2.84. The summed E-state index contributed by atoms with van der Waals surface area (Å²) in [5.41, 5.74) is 3.68. The first kappa shape index (κ1) is 9.73. The van der Waals surface area contributed by atoms with Crippen LogP contribution in [0.3, 0.4) is 0 Å². The average Bonchev–Trinajstić information content (AvgIpc) is 3.04. The van der Waals surface area contributed by atoms with Gasteiger partial charge in [0.1, 0.15) is 11.3 Å². The molecule has 0 saturated carbocycles. The number of benzene rings is 2. The maximum atomic E-state index is 4.56. The van der Waals surface area contributed by atoms with Crippen LogP contribution >= 0.6 is 11.5 Å². The van der Waals surface area contributed by atoms with Gasteiger partial charge in [0.05, 0.1) is 21.3 Å². The minimum absolute atomic E-state index is 0.787. The lowest BCUT2D eigenvalue weighted by Crippen LogP contribution is -1.83. The number of H-pyrrole nitrogens is 1. The lowest BCUT2D eigenvalue weighted by atomic mass is 10.2.